The highest BCUT2D eigenvalue weighted by Crippen LogP contribution is 2.28. The zero-order valence-corrected chi connectivity index (χ0v) is 14.2. The van der Waals surface area contributed by atoms with E-state index >= 15 is 0 Å². The largest absolute Gasteiger partial charge is 0.496 e. The van der Waals surface area contributed by atoms with Gasteiger partial charge in [0, 0.05) is 10.9 Å². The highest BCUT2D eigenvalue weighted by molar-refractivity contribution is 5.98. The molecule has 9 nitrogen and oxygen atoms in total. The first-order valence-electron chi connectivity index (χ1n) is 7.85. The number of carbonyl (C=O) groups is 2. The van der Waals surface area contributed by atoms with E-state index in [-0.39, 0.29) is 22.8 Å². The Balaban J connectivity index is 1.64. The summed E-state index contributed by atoms with van der Waals surface area (Å²) in [5.41, 5.74) is 0.624. The maximum absolute atomic E-state index is 12.1. The summed E-state index contributed by atoms with van der Waals surface area (Å²) in [5, 5.41) is 14.3. The third-order valence-electron chi connectivity index (χ3n) is 3.76. The van der Waals surface area contributed by atoms with Crippen molar-refractivity contribution in [1.29, 1.82) is 0 Å². The Morgan fingerprint density at radius 1 is 1.19 bits per heavy atom. The molecule has 3 rings (SSSR count). The lowest BCUT2D eigenvalue weighted by Gasteiger charge is -2.08. The van der Waals surface area contributed by atoms with Gasteiger partial charge in [0.05, 0.1) is 18.1 Å². The third-order valence-corrected chi connectivity index (χ3v) is 3.76. The van der Waals surface area contributed by atoms with Crippen molar-refractivity contribution in [2.45, 2.75) is 0 Å². The van der Waals surface area contributed by atoms with Crippen LogP contribution in [0.15, 0.2) is 48.5 Å². The summed E-state index contributed by atoms with van der Waals surface area (Å²) in [6.45, 7) is -0.586. The first-order valence-corrected chi connectivity index (χ1v) is 7.85. The molecule has 138 valence electrons. The Morgan fingerprint density at radius 3 is 2.67 bits per heavy atom. The molecule has 0 aliphatic rings. The molecule has 2 aromatic carbocycles. The number of nitro groups is 1. The fourth-order valence-electron chi connectivity index (χ4n) is 2.47. The second-order valence-corrected chi connectivity index (χ2v) is 5.53. The fraction of sp³-hybridized carbons (Fsp3) is 0.111. The van der Waals surface area contributed by atoms with Gasteiger partial charge in [0.15, 0.2) is 6.61 Å². The summed E-state index contributed by atoms with van der Waals surface area (Å²) >= 11 is 0. The highest BCUT2D eigenvalue weighted by Gasteiger charge is 2.18. The maximum atomic E-state index is 12.1. The molecule has 27 heavy (non-hydrogen) atoms. The van der Waals surface area contributed by atoms with Crippen molar-refractivity contribution in [2.75, 3.05) is 19.0 Å². The lowest BCUT2D eigenvalue weighted by molar-refractivity contribution is -0.384. The van der Waals surface area contributed by atoms with Crippen molar-refractivity contribution in [2.24, 2.45) is 0 Å². The molecular weight excluding hydrogens is 354 g/mol. The Morgan fingerprint density at radius 2 is 1.96 bits per heavy atom. The molecule has 0 unspecified atom stereocenters. The summed E-state index contributed by atoms with van der Waals surface area (Å²) in [6.07, 6.45) is 0. The number of nitro benzene ring substituents is 1. The smallest absolute Gasteiger partial charge is 0.355 e. The highest BCUT2D eigenvalue weighted by atomic mass is 16.6. The Bertz CT molecular complexity index is 994. The van der Waals surface area contributed by atoms with Gasteiger partial charge < -0.3 is 19.8 Å². The summed E-state index contributed by atoms with van der Waals surface area (Å²) in [5.74, 6) is -1.12. The van der Waals surface area contributed by atoms with E-state index < -0.39 is 23.4 Å². The normalized spacial score (nSPS) is 10.4. The quantitative estimate of drug-likeness (QED) is 0.391. The molecule has 2 N–H and O–H groups in total. The molecule has 0 spiro atoms. The van der Waals surface area contributed by atoms with E-state index in [9.17, 15) is 19.7 Å². The number of ether oxygens (including phenoxy) is 2. The number of anilines is 1. The molecule has 0 radical (unpaired) electrons. The Labute approximate surface area is 153 Å². The van der Waals surface area contributed by atoms with Crippen LogP contribution >= 0.6 is 0 Å². The van der Waals surface area contributed by atoms with E-state index in [2.05, 4.69) is 10.3 Å². The van der Waals surface area contributed by atoms with Gasteiger partial charge in [-0.2, -0.15) is 0 Å². The van der Waals surface area contributed by atoms with Crippen LogP contribution < -0.4 is 10.1 Å². The molecule has 0 saturated heterocycles. The van der Waals surface area contributed by atoms with Gasteiger partial charge in [0.1, 0.15) is 17.1 Å². The lowest BCUT2D eigenvalue weighted by Crippen LogP contribution is -2.21. The maximum Gasteiger partial charge on any atom is 0.355 e. The number of aromatic nitrogens is 1. The number of hydrogen-bond donors (Lipinski definition) is 2. The van der Waals surface area contributed by atoms with E-state index in [0.29, 0.717) is 0 Å². The number of aromatic amines is 1. The van der Waals surface area contributed by atoms with Crippen LogP contribution in [0.5, 0.6) is 5.75 Å². The van der Waals surface area contributed by atoms with Gasteiger partial charge >= 0.3 is 5.97 Å². The van der Waals surface area contributed by atoms with Crippen molar-refractivity contribution in [3.05, 3.63) is 64.3 Å². The number of fused-ring (bicyclic) bond motifs is 1. The molecule has 0 aliphatic carbocycles. The van der Waals surface area contributed by atoms with Gasteiger partial charge in [-0.3, -0.25) is 14.9 Å². The average Bonchev–Trinajstić information content (AvgIpc) is 3.10. The van der Waals surface area contributed by atoms with Crippen LogP contribution in [0.25, 0.3) is 10.9 Å². The van der Waals surface area contributed by atoms with Crippen molar-refractivity contribution in [3.8, 4) is 5.75 Å². The Kier molecular flexibility index (Phi) is 5.02. The summed E-state index contributed by atoms with van der Waals surface area (Å²) in [4.78, 5) is 37.4. The predicted octanol–water partition coefficient (Wildman–Crippen LogP) is 2.88. The number of methoxy groups -OCH3 is 1. The van der Waals surface area contributed by atoms with E-state index in [4.69, 9.17) is 9.47 Å². The molecule has 1 heterocycles. The monoisotopic (exact) mass is 369 g/mol. The average molecular weight is 369 g/mol. The van der Waals surface area contributed by atoms with Crippen molar-refractivity contribution in [1.82, 2.24) is 4.98 Å². The topological polar surface area (TPSA) is 124 Å². The number of benzene rings is 2. The first kappa shape index (κ1) is 17.9. The summed E-state index contributed by atoms with van der Waals surface area (Å²) < 4.78 is 9.89. The molecule has 0 aliphatic heterocycles. The minimum Gasteiger partial charge on any atom is -0.496 e. The number of H-pyrrole nitrogens is 1. The van der Waals surface area contributed by atoms with Gasteiger partial charge in [0.2, 0.25) is 0 Å². The molecule has 0 bridgehead atoms. The van der Waals surface area contributed by atoms with E-state index in [0.717, 1.165) is 10.9 Å². The van der Waals surface area contributed by atoms with E-state index in [1.165, 1.54) is 25.3 Å². The van der Waals surface area contributed by atoms with Crippen LogP contribution in [0, 0.1) is 10.1 Å². The van der Waals surface area contributed by atoms with Crippen LogP contribution in [-0.4, -0.2) is 35.5 Å². The first-order chi connectivity index (χ1) is 13.0. The minimum absolute atomic E-state index is 0.0209. The van der Waals surface area contributed by atoms with Crippen LogP contribution in [-0.2, 0) is 9.53 Å². The molecule has 0 atom stereocenters. The SMILES string of the molecule is COc1ccc(NC(=O)COC(=O)c2cc3ccccc3[nH]2)c([N+](=O)[O-])c1. The van der Waals surface area contributed by atoms with Gasteiger partial charge in [-0.25, -0.2) is 4.79 Å². The zero-order chi connectivity index (χ0) is 19.4. The molecule has 1 amide bonds. The van der Waals surface area contributed by atoms with E-state index in [1.807, 2.05) is 24.3 Å². The number of nitrogens with zero attached hydrogens (tertiary/aromatic N) is 1. The van der Waals surface area contributed by atoms with E-state index in [1.54, 1.807) is 6.07 Å². The summed E-state index contributed by atoms with van der Waals surface area (Å²) in [6, 6.07) is 12.9. The molecule has 1 aromatic heterocycles. The second-order valence-electron chi connectivity index (χ2n) is 5.53. The molecule has 9 heteroatoms. The van der Waals surface area contributed by atoms with Gasteiger partial charge in [-0.1, -0.05) is 18.2 Å². The number of carbonyl (C=O) groups excluding carboxylic acids is 2. The minimum atomic E-state index is -0.703. The molecule has 0 fully saturated rings. The number of nitrogens with one attached hydrogen (secondary N) is 2. The number of amides is 1. The van der Waals surface area contributed by atoms with Crippen LogP contribution in [0.1, 0.15) is 10.5 Å². The Hall–Kier alpha value is -3.88. The number of hydrogen-bond acceptors (Lipinski definition) is 6. The van der Waals surface area contributed by atoms with Gasteiger partial charge in [0.25, 0.3) is 11.6 Å². The number of para-hydroxylation sites is 1. The molecular formula is C18H15N3O6. The predicted molar refractivity (Wildman–Crippen MR) is 96.9 cm³/mol. The standard InChI is InChI=1S/C18H15N3O6/c1-26-12-6-7-14(16(9-12)21(24)25)20-17(22)10-27-18(23)15-8-11-4-2-3-5-13(11)19-15/h2-9,19H,10H2,1H3,(H,20,22). The van der Waals surface area contributed by atoms with Gasteiger partial charge in [-0.05, 0) is 24.3 Å². The fourth-order valence-corrected chi connectivity index (χ4v) is 2.47. The molecule has 0 saturated carbocycles. The third kappa shape index (κ3) is 4.03. The van der Waals surface area contributed by atoms with Gasteiger partial charge in [-0.15, -0.1) is 0 Å². The van der Waals surface area contributed by atoms with Crippen LogP contribution in [0.3, 0.4) is 0 Å². The number of esters is 1. The van der Waals surface area contributed by atoms with Crippen LogP contribution in [0.4, 0.5) is 11.4 Å². The van der Waals surface area contributed by atoms with Crippen molar-refractivity contribution in [3.63, 3.8) is 0 Å². The molecule has 3 aromatic rings. The lowest BCUT2D eigenvalue weighted by atomic mass is 10.2. The van der Waals surface area contributed by atoms with Crippen molar-refractivity contribution >= 4 is 34.2 Å². The zero-order valence-electron chi connectivity index (χ0n) is 14.2. The van der Waals surface area contributed by atoms with Crippen molar-refractivity contribution < 1.29 is 24.0 Å². The summed E-state index contributed by atoms with van der Waals surface area (Å²) in [7, 11) is 1.38. The number of rotatable bonds is 6. The van der Waals surface area contributed by atoms with Crippen LogP contribution in [0.2, 0.25) is 0 Å². The second kappa shape index (κ2) is 7.56.